The van der Waals surface area contributed by atoms with E-state index in [1.165, 1.54) is 29.8 Å². The van der Waals surface area contributed by atoms with E-state index >= 15 is 0 Å². The molecule has 35 heavy (non-hydrogen) atoms. The van der Waals surface area contributed by atoms with Crippen molar-refractivity contribution in [3.63, 3.8) is 0 Å². The fourth-order valence-electron chi connectivity index (χ4n) is 3.68. The Labute approximate surface area is 203 Å². The van der Waals surface area contributed by atoms with E-state index in [1.807, 2.05) is 32.9 Å². The molecule has 9 heteroatoms. The summed E-state index contributed by atoms with van der Waals surface area (Å²) in [6.45, 7) is 5.84. The molecule has 0 spiro atoms. The van der Waals surface area contributed by atoms with Gasteiger partial charge in [-0.1, -0.05) is 23.3 Å². The maximum absolute atomic E-state index is 13.2. The largest absolute Gasteiger partial charge is 0.396 e. The molecule has 0 aliphatic rings. The van der Waals surface area contributed by atoms with Crippen LogP contribution in [0.4, 0.5) is 5.69 Å². The molecule has 2 aromatic carbocycles. The smallest absolute Gasteiger partial charge is 0.269 e. The standard InChI is InChI=1S/C26H30N4O5/c1-16(2)7-8-17(3)15-23-27-21-6-4-5-20(24(21)29-23)26(33)28-22(13-14-31)25(32)18-9-11-19(12-10-18)30(34)35/h4-7,9-12,15,22,25,31-32H,8,13-14H2,1-3H3,(H,27,29)(H,28,33)/b17-15+. The fraction of sp³-hybridized carbons (Fsp3) is 0.308. The third-order valence-electron chi connectivity index (χ3n) is 5.57. The van der Waals surface area contributed by atoms with Gasteiger partial charge in [0.2, 0.25) is 0 Å². The summed E-state index contributed by atoms with van der Waals surface area (Å²) < 4.78 is 0. The molecule has 2 atom stereocenters. The van der Waals surface area contributed by atoms with E-state index in [9.17, 15) is 25.1 Å². The van der Waals surface area contributed by atoms with Crippen LogP contribution in [0.25, 0.3) is 17.1 Å². The van der Waals surface area contributed by atoms with Crippen LogP contribution >= 0.6 is 0 Å². The number of benzene rings is 2. The van der Waals surface area contributed by atoms with Gasteiger partial charge < -0.3 is 20.5 Å². The number of para-hydroxylation sites is 1. The molecule has 0 bridgehead atoms. The molecule has 3 aromatic rings. The second-order valence-electron chi connectivity index (χ2n) is 8.69. The molecule has 3 rings (SSSR count). The summed E-state index contributed by atoms with van der Waals surface area (Å²) in [6.07, 6.45) is 3.80. The Balaban J connectivity index is 1.83. The van der Waals surface area contributed by atoms with Crippen LogP contribution < -0.4 is 5.32 Å². The molecule has 0 aliphatic heterocycles. The lowest BCUT2D eigenvalue weighted by atomic mass is 9.99. The first-order chi connectivity index (χ1) is 16.7. The van der Waals surface area contributed by atoms with E-state index < -0.39 is 23.0 Å². The van der Waals surface area contributed by atoms with Crippen molar-refractivity contribution >= 4 is 28.7 Å². The summed E-state index contributed by atoms with van der Waals surface area (Å²) in [5, 5.41) is 34.0. The molecule has 4 N–H and O–H groups in total. The Bertz CT molecular complexity index is 1260. The van der Waals surface area contributed by atoms with Crippen LogP contribution in [0, 0.1) is 10.1 Å². The normalized spacial score (nSPS) is 13.3. The Morgan fingerprint density at radius 2 is 1.91 bits per heavy atom. The van der Waals surface area contributed by atoms with Crippen molar-refractivity contribution in [1.82, 2.24) is 15.3 Å². The zero-order valence-electron chi connectivity index (χ0n) is 20.0. The van der Waals surface area contributed by atoms with Gasteiger partial charge in [0.05, 0.1) is 28.1 Å². The molecular formula is C26H30N4O5. The predicted molar refractivity (Wildman–Crippen MR) is 135 cm³/mol. The van der Waals surface area contributed by atoms with Gasteiger partial charge in [-0.2, -0.15) is 0 Å². The van der Waals surface area contributed by atoms with E-state index in [2.05, 4.69) is 21.4 Å². The monoisotopic (exact) mass is 478 g/mol. The van der Waals surface area contributed by atoms with Crippen molar-refractivity contribution in [2.75, 3.05) is 6.61 Å². The first-order valence-corrected chi connectivity index (χ1v) is 11.3. The van der Waals surface area contributed by atoms with E-state index in [1.54, 1.807) is 12.1 Å². The van der Waals surface area contributed by atoms with Gasteiger partial charge in [-0.3, -0.25) is 14.9 Å². The number of nitro groups is 1. The van der Waals surface area contributed by atoms with Gasteiger partial charge in [-0.05, 0) is 69.5 Å². The topological polar surface area (TPSA) is 141 Å². The maximum Gasteiger partial charge on any atom is 0.269 e. The molecular weight excluding hydrogens is 448 g/mol. The molecule has 0 radical (unpaired) electrons. The third-order valence-corrected chi connectivity index (χ3v) is 5.57. The minimum atomic E-state index is -1.17. The zero-order chi connectivity index (χ0) is 25.5. The highest BCUT2D eigenvalue weighted by Gasteiger charge is 2.25. The fourth-order valence-corrected chi connectivity index (χ4v) is 3.68. The highest BCUT2D eigenvalue weighted by Crippen LogP contribution is 2.24. The number of aliphatic hydroxyl groups excluding tert-OH is 2. The van der Waals surface area contributed by atoms with Gasteiger partial charge in [0.1, 0.15) is 11.3 Å². The molecule has 1 amide bonds. The SMILES string of the molecule is CC(C)=CC/C(C)=C/c1nc2c(C(=O)NC(CCO)C(O)c3ccc([N+](=O)[O-])cc3)cccc2[nH]1. The number of carbonyl (C=O) groups excluding carboxylic acids is 1. The van der Waals surface area contributed by atoms with Crippen molar-refractivity contribution < 1.29 is 19.9 Å². The minimum Gasteiger partial charge on any atom is -0.396 e. The number of nitrogens with one attached hydrogen (secondary N) is 2. The summed E-state index contributed by atoms with van der Waals surface area (Å²) in [5.74, 6) is 0.191. The molecule has 0 saturated carbocycles. The highest BCUT2D eigenvalue weighted by atomic mass is 16.6. The Morgan fingerprint density at radius 1 is 1.20 bits per heavy atom. The predicted octanol–water partition coefficient (Wildman–Crippen LogP) is 4.45. The van der Waals surface area contributed by atoms with Crippen LogP contribution in [0.1, 0.15) is 61.5 Å². The van der Waals surface area contributed by atoms with Crippen LogP contribution in [0.15, 0.2) is 59.7 Å². The first kappa shape index (κ1) is 25.8. The summed E-state index contributed by atoms with van der Waals surface area (Å²) in [4.78, 5) is 31.3. The zero-order valence-corrected chi connectivity index (χ0v) is 20.0. The first-order valence-electron chi connectivity index (χ1n) is 11.3. The maximum atomic E-state index is 13.2. The van der Waals surface area contributed by atoms with Crippen LogP contribution in [0.3, 0.4) is 0 Å². The molecule has 184 valence electrons. The van der Waals surface area contributed by atoms with Crippen LogP contribution in [0.5, 0.6) is 0 Å². The van der Waals surface area contributed by atoms with E-state index in [4.69, 9.17) is 0 Å². The number of hydrogen-bond donors (Lipinski definition) is 4. The lowest BCUT2D eigenvalue weighted by molar-refractivity contribution is -0.384. The summed E-state index contributed by atoms with van der Waals surface area (Å²) in [5.41, 5.74) is 4.17. The van der Waals surface area contributed by atoms with Crippen molar-refractivity contribution in [3.05, 3.63) is 86.8 Å². The number of aromatic amines is 1. The molecule has 0 aliphatic carbocycles. The number of allylic oxidation sites excluding steroid dienone is 3. The van der Waals surface area contributed by atoms with Gasteiger partial charge in [0, 0.05) is 18.7 Å². The number of H-pyrrole nitrogens is 1. The summed E-state index contributed by atoms with van der Waals surface area (Å²) in [7, 11) is 0. The van der Waals surface area contributed by atoms with Crippen molar-refractivity contribution in [2.45, 2.75) is 45.8 Å². The number of aliphatic hydroxyl groups is 2. The average molecular weight is 479 g/mol. The molecule has 0 fully saturated rings. The van der Waals surface area contributed by atoms with E-state index in [0.29, 0.717) is 28.0 Å². The third kappa shape index (κ3) is 6.62. The van der Waals surface area contributed by atoms with Crippen LogP contribution in [0.2, 0.25) is 0 Å². The highest BCUT2D eigenvalue weighted by molar-refractivity contribution is 6.05. The van der Waals surface area contributed by atoms with Crippen molar-refractivity contribution in [3.8, 4) is 0 Å². The number of non-ortho nitro benzene ring substituents is 1. The van der Waals surface area contributed by atoms with Gasteiger partial charge in [0.25, 0.3) is 11.6 Å². The molecule has 9 nitrogen and oxygen atoms in total. The Hall–Kier alpha value is -3.82. The van der Waals surface area contributed by atoms with Gasteiger partial charge in [-0.15, -0.1) is 0 Å². The lowest BCUT2D eigenvalue weighted by Crippen LogP contribution is -2.40. The quantitative estimate of drug-likeness (QED) is 0.193. The molecule has 2 unspecified atom stereocenters. The summed E-state index contributed by atoms with van der Waals surface area (Å²) in [6, 6.07) is 9.86. The number of imidazole rings is 1. The number of aromatic nitrogens is 2. The number of fused-ring (bicyclic) bond motifs is 1. The Morgan fingerprint density at radius 3 is 2.54 bits per heavy atom. The number of nitrogens with zero attached hydrogens (tertiary/aromatic N) is 2. The second-order valence-corrected chi connectivity index (χ2v) is 8.69. The molecule has 1 heterocycles. The number of hydrogen-bond acceptors (Lipinski definition) is 6. The Kier molecular flexibility index (Phi) is 8.51. The van der Waals surface area contributed by atoms with Crippen LogP contribution in [-0.4, -0.2) is 43.7 Å². The van der Waals surface area contributed by atoms with Gasteiger partial charge >= 0.3 is 0 Å². The molecule has 1 aromatic heterocycles. The number of amides is 1. The lowest BCUT2D eigenvalue weighted by Gasteiger charge is -2.24. The van der Waals surface area contributed by atoms with Gasteiger partial charge in [-0.25, -0.2) is 4.98 Å². The van der Waals surface area contributed by atoms with E-state index in [0.717, 1.165) is 12.0 Å². The van der Waals surface area contributed by atoms with E-state index in [-0.39, 0.29) is 18.7 Å². The molecule has 0 saturated heterocycles. The second kappa shape index (κ2) is 11.5. The van der Waals surface area contributed by atoms with Crippen molar-refractivity contribution in [2.24, 2.45) is 0 Å². The van der Waals surface area contributed by atoms with Crippen LogP contribution in [-0.2, 0) is 0 Å². The van der Waals surface area contributed by atoms with Gasteiger partial charge in [0.15, 0.2) is 0 Å². The van der Waals surface area contributed by atoms with Crippen molar-refractivity contribution in [1.29, 1.82) is 0 Å². The summed E-state index contributed by atoms with van der Waals surface area (Å²) >= 11 is 0. The average Bonchev–Trinajstić information content (AvgIpc) is 3.24. The number of carbonyl (C=O) groups is 1. The number of rotatable bonds is 10. The minimum absolute atomic E-state index is 0.0952. The number of nitro benzene ring substituents is 1.